The topological polar surface area (TPSA) is 66.8 Å². The highest BCUT2D eigenvalue weighted by Crippen LogP contribution is 2.58. The first-order valence-electron chi connectivity index (χ1n) is 8.93. The second kappa shape index (κ2) is 5.34. The van der Waals surface area contributed by atoms with Crippen molar-refractivity contribution in [2.75, 3.05) is 19.7 Å². The number of carboxylic acids is 1. The van der Waals surface area contributed by atoms with E-state index in [1.807, 2.05) is 24.3 Å². The Morgan fingerprint density at radius 3 is 2.27 bits per heavy atom. The van der Waals surface area contributed by atoms with Gasteiger partial charge in [-0.15, -0.1) is 0 Å². The Morgan fingerprint density at radius 2 is 1.69 bits per heavy atom. The summed E-state index contributed by atoms with van der Waals surface area (Å²) in [7, 11) is 0. The van der Waals surface area contributed by atoms with Crippen LogP contribution in [0.5, 0.6) is 0 Å². The summed E-state index contributed by atoms with van der Waals surface area (Å²) in [5.74, 6) is -0.686. The van der Waals surface area contributed by atoms with Gasteiger partial charge in [0.2, 0.25) is 0 Å². The average Bonchev–Trinajstić information content (AvgIpc) is 3.09. The first-order chi connectivity index (χ1) is 12.6. The zero-order valence-electron chi connectivity index (χ0n) is 14.2. The van der Waals surface area contributed by atoms with Gasteiger partial charge in [0, 0.05) is 19.0 Å². The largest absolute Gasteiger partial charge is 0.481 e. The van der Waals surface area contributed by atoms with Crippen molar-refractivity contribution in [1.82, 2.24) is 4.90 Å². The number of rotatable bonds is 3. The third-order valence-electron chi connectivity index (χ3n) is 6.17. The van der Waals surface area contributed by atoms with Crippen molar-refractivity contribution in [2.24, 2.45) is 11.3 Å². The number of benzene rings is 2. The van der Waals surface area contributed by atoms with E-state index in [2.05, 4.69) is 24.3 Å². The molecule has 0 unspecified atom stereocenters. The maximum absolute atomic E-state index is 12.5. The smallest absolute Gasteiger partial charge is 0.409 e. The van der Waals surface area contributed by atoms with Crippen molar-refractivity contribution < 1.29 is 19.4 Å². The molecule has 2 aromatic rings. The van der Waals surface area contributed by atoms with E-state index < -0.39 is 17.5 Å². The van der Waals surface area contributed by atoms with Crippen LogP contribution in [0.2, 0.25) is 0 Å². The molecule has 0 bridgehead atoms. The van der Waals surface area contributed by atoms with Gasteiger partial charge in [0.15, 0.2) is 0 Å². The zero-order chi connectivity index (χ0) is 17.9. The maximum atomic E-state index is 12.5. The highest BCUT2D eigenvalue weighted by atomic mass is 16.6. The minimum absolute atomic E-state index is 0.0249. The number of amides is 1. The highest BCUT2D eigenvalue weighted by molar-refractivity contribution is 5.82. The Balaban J connectivity index is 1.32. The van der Waals surface area contributed by atoms with Crippen molar-refractivity contribution in [3.8, 4) is 11.1 Å². The summed E-state index contributed by atoms with van der Waals surface area (Å²) in [6.07, 6.45) is 0.273. The molecule has 1 amide bonds. The molecule has 0 spiro atoms. The number of fused-ring (bicyclic) bond motifs is 4. The standard InChI is InChI=1S/C21H19NO4/c23-19(24)21-9-13(21)10-22(12-21)20(25)26-11-18-16-7-3-1-5-14(16)15-6-2-4-8-17(15)18/h1-8,13,18H,9-12H2,(H,23,24)/t13-,21+/m1/s1. The molecule has 5 heteroatoms. The number of carbonyl (C=O) groups is 2. The number of likely N-dealkylation sites (tertiary alicyclic amines) is 1. The number of piperidine rings is 1. The number of hydrogen-bond acceptors (Lipinski definition) is 3. The van der Waals surface area contributed by atoms with Gasteiger partial charge in [0.05, 0.1) is 5.41 Å². The normalized spacial score (nSPS) is 25.4. The number of ether oxygens (including phenoxy) is 1. The number of aliphatic carboxylic acids is 1. The van der Waals surface area contributed by atoms with Gasteiger partial charge in [-0.2, -0.15) is 0 Å². The summed E-state index contributed by atoms with van der Waals surface area (Å²) in [5.41, 5.74) is 4.01. The molecule has 2 aliphatic carbocycles. The van der Waals surface area contributed by atoms with E-state index >= 15 is 0 Å². The SMILES string of the molecule is O=C(OCC1c2ccccc2-c2ccccc21)N1C[C@H]2C[C@]2(C(=O)O)C1. The number of carbonyl (C=O) groups excluding carboxylic acids is 1. The van der Waals surface area contributed by atoms with Gasteiger partial charge in [-0.3, -0.25) is 4.79 Å². The number of nitrogens with zero attached hydrogens (tertiary/aromatic N) is 1. The van der Waals surface area contributed by atoms with Gasteiger partial charge in [0.25, 0.3) is 0 Å². The summed E-state index contributed by atoms with van der Waals surface area (Å²) in [6, 6.07) is 16.4. The molecule has 1 saturated carbocycles. The summed E-state index contributed by atoms with van der Waals surface area (Å²) in [4.78, 5) is 25.4. The van der Waals surface area contributed by atoms with Crippen LogP contribution in [0.25, 0.3) is 11.1 Å². The van der Waals surface area contributed by atoms with Crippen molar-refractivity contribution >= 4 is 12.1 Å². The molecule has 1 heterocycles. The molecule has 0 radical (unpaired) electrons. The minimum atomic E-state index is -0.795. The fourth-order valence-electron chi connectivity index (χ4n) is 4.64. The van der Waals surface area contributed by atoms with Crippen LogP contribution in [0, 0.1) is 11.3 Å². The van der Waals surface area contributed by atoms with Crippen molar-refractivity contribution in [2.45, 2.75) is 12.3 Å². The molecule has 2 atom stereocenters. The van der Waals surface area contributed by atoms with Crippen LogP contribution in [0.1, 0.15) is 23.5 Å². The predicted molar refractivity (Wildman–Crippen MR) is 94.8 cm³/mol. The van der Waals surface area contributed by atoms with Gasteiger partial charge >= 0.3 is 12.1 Å². The van der Waals surface area contributed by atoms with Crippen molar-refractivity contribution in [1.29, 1.82) is 0 Å². The van der Waals surface area contributed by atoms with Crippen LogP contribution in [-0.2, 0) is 9.53 Å². The molecule has 1 saturated heterocycles. The van der Waals surface area contributed by atoms with Crippen molar-refractivity contribution in [3.05, 3.63) is 59.7 Å². The summed E-state index contributed by atoms with van der Waals surface area (Å²) < 4.78 is 5.61. The zero-order valence-corrected chi connectivity index (χ0v) is 14.2. The quantitative estimate of drug-likeness (QED) is 0.923. The Bertz CT molecular complexity index is 878. The molecule has 1 N–H and O–H groups in total. The summed E-state index contributed by atoms with van der Waals surface area (Å²) in [5, 5.41) is 9.36. The van der Waals surface area contributed by atoms with E-state index in [0.717, 1.165) is 0 Å². The Kier molecular flexibility index (Phi) is 3.17. The van der Waals surface area contributed by atoms with E-state index in [1.165, 1.54) is 22.3 Å². The fourth-order valence-corrected chi connectivity index (χ4v) is 4.64. The van der Waals surface area contributed by atoms with Crippen molar-refractivity contribution in [3.63, 3.8) is 0 Å². The predicted octanol–water partition coefficient (Wildman–Crippen LogP) is 3.34. The molecule has 2 fully saturated rings. The lowest BCUT2D eigenvalue weighted by Crippen LogP contribution is -2.35. The third kappa shape index (κ3) is 2.09. The van der Waals surface area contributed by atoms with E-state index in [4.69, 9.17) is 4.74 Å². The first kappa shape index (κ1) is 15.4. The molecule has 5 rings (SSSR count). The summed E-state index contributed by atoms with van der Waals surface area (Å²) >= 11 is 0. The van der Waals surface area contributed by atoms with Gasteiger partial charge in [-0.1, -0.05) is 48.5 Å². The molecule has 132 valence electrons. The van der Waals surface area contributed by atoms with E-state index in [0.29, 0.717) is 13.0 Å². The van der Waals surface area contributed by atoms with Gasteiger partial charge in [-0.25, -0.2) is 4.79 Å². The molecule has 1 aliphatic heterocycles. The first-order valence-corrected chi connectivity index (χ1v) is 8.93. The molecular weight excluding hydrogens is 330 g/mol. The second-order valence-electron chi connectivity index (χ2n) is 7.55. The maximum Gasteiger partial charge on any atom is 0.409 e. The van der Waals surface area contributed by atoms with Crippen LogP contribution in [-0.4, -0.2) is 41.8 Å². The van der Waals surface area contributed by atoms with Gasteiger partial charge in [-0.05, 0) is 34.6 Å². The van der Waals surface area contributed by atoms with Crippen LogP contribution in [0.15, 0.2) is 48.5 Å². The highest BCUT2D eigenvalue weighted by Gasteiger charge is 2.66. The monoisotopic (exact) mass is 349 g/mol. The third-order valence-corrected chi connectivity index (χ3v) is 6.17. The number of hydrogen-bond donors (Lipinski definition) is 1. The van der Waals surface area contributed by atoms with Gasteiger partial charge in [0.1, 0.15) is 6.61 Å². The number of carboxylic acid groups (broad SMARTS) is 1. The van der Waals surface area contributed by atoms with E-state index in [-0.39, 0.29) is 25.0 Å². The Morgan fingerprint density at radius 1 is 1.08 bits per heavy atom. The molecule has 0 aromatic heterocycles. The lowest BCUT2D eigenvalue weighted by molar-refractivity contribution is -0.143. The molecule has 5 nitrogen and oxygen atoms in total. The van der Waals surface area contributed by atoms with Crippen LogP contribution >= 0.6 is 0 Å². The van der Waals surface area contributed by atoms with E-state index in [1.54, 1.807) is 4.90 Å². The minimum Gasteiger partial charge on any atom is -0.481 e. The molecule has 26 heavy (non-hydrogen) atoms. The Labute approximate surface area is 151 Å². The lowest BCUT2D eigenvalue weighted by atomic mass is 9.98. The molecule has 3 aliphatic rings. The molecular formula is C21H19NO4. The van der Waals surface area contributed by atoms with Gasteiger partial charge < -0.3 is 14.7 Å². The Hall–Kier alpha value is -2.82. The molecule has 2 aromatic carbocycles. The van der Waals surface area contributed by atoms with Crippen LogP contribution in [0.3, 0.4) is 0 Å². The lowest BCUT2D eigenvalue weighted by Gasteiger charge is -2.21. The van der Waals surface area contributed by atoms with Crippen LogP contribution < -0.4 is 0 Å². The fraction of sp³-hybridized carbons (Fsp3) is 0.333. The van der Waals surface area contributed by atoms with Crippen LogP contribution in [0.4, 0.5) is 4.79 Å². The average molecular weight is 349 g/mol. The summed E-state index contributed by atoms with van der Waals surface area (Å²) in [6.45, 7) is 1.03. The second-order valence-corrected chi connectivity index (χ2v) is 7.55. The van der Waals surface area contributed by atoms with E-state index in [9.17, 15) is 14.7 Å².